The summed E-state index contributed by atoms with van der Waals surface area (Å²) in [5.41, 5.74) is -0.407. The van der Waals surface area contributed by atoms with Gasteiger partial charge in [-0.15, -0.1) is 0 Å². The zero-order valence-electron chi connectivity index (χ0n) is 13.4. The summed E-state index contributed by atoms with van der Waals surface area (Å²) in [7, 11) is 1.24. The number of aromatic amines is 1. The normalized spacial score (nSPS) is 11.9. The van der Waals surface area contributed by atoms with Crippen LogP contribution < -0.4 is 5.56 Å². The lowest BCUT2D eigenvalue weighted by Gasteiger charge is -2.11. The van der Waals surface area contributed by atoms with Gasteiger partial charge in [0.05, 0.1) is 12.5 Å². The molecule has 0 aliphatic carbocycles. The number of esters is 2. The summed E-state index contributed by atoms with van der Waals surface area (Å²) in [6, 6.07) is 9.53. The minimum Gasteiger partial charge on any atom is -0.463 e. The zero-order chi connectivity index (χ0) is 18.0. The molecule has 8 heteroatoms. The second kappa shape index (κ2) is 6.60. The number of aromatic nitrogens is 2. The summed E-state index contributed by atoms with van der Waals surface area (Å²) in [4.78, 5) is 35.6. The Balaban J connectivity index is 1.85. The topological polar surface area (TPSA) is 111 Å². The van der Waals surface area contributed by atoms with Crippen LogP contribution in [0.4, 0.5) is 0 Å². The first-order valence-electron chi connectivity index (χ1n) is 7.37. The molecule has 2 heterocycles. The van der Waals surface area contributed by atoms with E-state index in [9.17, 15) is 14.4 Å². The van der Waals surface area contributed by atoms with E-state index < -0.39 is 23.6 Å². The van der Waals surface area contributed by atoms with Gasteiger partial charge in [0, 0.05) is 5.39 Å². The minimum atomic E-state index is -0.765. The lowest BCUT2D eigenvalue weighted by Crippen LogP contribution is -2.17. The molecule has 0 amide bonds. The van der Waals surface area contributed by atoms with Crippen molar-refractivity contribution in [3.63, 3.8) is 0 Å². The molecule has 25 heavy (non-hydrogen) atoms. The van der Waals surface area contributed by atoms with E-state index in [-0.39, 0.29) is 17.2 Å². The maximum atomic E-state index is 12.4. The average Bonchev–Trinajstić information content (AvgIpc) is 3.11. The molecule has 0 fully saturated rings. The largest absolute Gasteiger partial charge is 0.463 e. The molecule has 0 aliphatic heterocycles. The number of hydrogen-bond acceptors (Lipinski definition) is 7. The van der Waals surface area contributed by atoms with Crippen molar-refractivity contribution in [3.05, 3.63) is 64.0 Å². The second-order valence-corrected chi connectivity index (χ2v) is 5.19. The fourth-order valence-corrected chi connectivity index (χ4v) is 2.33. The van der Waals surface area contributed by atoms with Crippen molar-refractivity contribution < 1.29 is 23.5 Å². The third-order valence-corrected chi connectivity index (χ3v) is 3.59. The molecule has 128 valence electrons. The average molecular weight is 342 g/mol. The highest BCUT2D eigenvalue weighted by molar-refractivity contribution is 6.02. The number of H-pyrrole nitrogens is 1. The molecule has 1 aromatic carbocycles. The standard InChI is InChI=1S/C17H14N2O6/c1-9(12-7-8-13(25-12)16(21)23-2)24-17(22)14-10-5-3-4-6-11(10)15(20)19-18-14/h3-9H,1-2H3,(H,19,20)/t9-/m0/s1. The number of ether oxygens (including phenoxy) is 2. The molecule has 0 radical (unpaired) electrons. The molecule has 0 unspecified atom stereocenters. The van der Waals surface area contributed by atoms with Gasteiger partial charge in [-0.2, -0.15) is 5.10 Å². The summed E-state index contributed by atoms with van der Waals surface area (Å²) in [5.74, 6) is -1.07. The molecule has 0 spiro atoms. The summed E-state index contributed by atoms with van der Waals surface area (Å²) >= 11 is 0. The highest BCUT2D eigenvalue weighted by Crippen LogP contribution is 2.22. The van der Waals surface area contributed by atoms with Crippen molar-refractivity contribution in [3.8, 4) is 0 Å². The van der Waals surface area contributed by atoms with Crippen LogP contribution >= 0.6 is 0 Å². The fourth-order valence-electron chi connectivity index (χ4n) is 2.33. The number of methoxy groups -OCH3 is 1. The van der Waals surface area contributed by atoms with E-state index in [1.807, 2.05) is 0 Å². The van der Waals surface area contributed by atoms with E-state index in [1.54, 1.807) is 31.2 Å². The van der Waals surface area contributed by atoms with Gasteiger partial charge in [0.15, 0.2) is 11.8 Å². The maximum absolute atomic E-state index is 12.4. The monoisotopic (exact) mass is 342 g/mol. The molecule has 0 bridgehead atoms. The second-order valence-electron chi connectivity index (χ2n) is 5.19. The van der Waals surface area contributed by atoms with Gasteiger partial charge < -0.3 is 13.9 Å². The summed E-state index contributed by atoms with van der Waals surface area (Å²) in [6.07, 6.45) is -0.765. The van der Waals surface area contributed by atoms with Crippen LogP contribution in [0.25, 0.3) is 10.8 Å². The first-order chi connectivity index (χ1) is 12.0. The van der Waals surface area contributed by atoms with Crippen molar-refractivity contribution in [2.45, 2.75) is 13.0 Å². The highest BCUT2D eigenvalue weighted by atomic mass is 16.6. The SMILES string of the molecule is COC(=O)c1ccc([C@H](C)OC(=O)c2n[nH]c(=O)c3ccccc23)o1. The van der Waals surface area contributed by atoms with Crippen molar-refractivity contribution in [1.29, 1.82) is 0 Å². The number of hydrogen-bond donors (Lipinski definition) is 1. The van der Waals surface area contributed by atoms with Gasteiger partial charge in [-0.3, -0.25) is 4.79 Å². The molecular weight excluding hydrogens is 328 g/mol. The van der Waals surface area contributed by atoms with Crippen molar-refractivity contribution in [2.24, 2.45) is 0 Å². The van der Waals surface area contributed by atoms with Crippen LogP contribution in [-0.4, -0.2) is 29.2 Å². The van der Waals surface area contributed by atoms with Gasteiger partial charge in [0.25, 0.3) is 5.56 Å². The van der Waals surface area contributed by atoms with E-state index in [4.69, 9.17) is 9.15 Å². The molecule has 0 aliphatic rings. The van der Waals surface area contributed by atoms with E-state index in [0.29, 0.717) is 10.8 Å². The molecule has 1 N–H and O–H groups in total. The summed E-state index contributed by atoms with van der Waals surface area (Å²) in [5, 5.41) is 6.78. The number of nitrogens with one attached hydrogen (secondary N) is 1. The number of furan rings is 1. The van der Waals surface area contributed by atoms with Crippen molar-refractivity contribution in [2.75, 3.05) is 7.11 Å². The van der Waals surface area contributed by atoms with Crippen molar-refractivity contribution in [1.82, 2.24) is 10.2 Å². The summed E-state index contributed by atoms with van der Waals surface area (Å²) < 4.78 is 15.2. The van der Waals surface area contributed by atoms with Crippen LogP contribution in [-0.2, 0) is 9.47 Å². The first kappa shape index (κ1) is 16.4. The van der Waals surface area contributed by atoms with E-state index in [2.05, 4.69) is 14.9 Å². The van der Waals surface area contributed by atoms with Gasteiger partial charge in [0.2, 0.25) is 5.76 Å². The van der Waals surface area contributed by atoms with E-state index in [0.717, 1.165) is 0 Å². The van der Waals surface area contributed by atoms with Crippen LogP contribution in [0.15, 0.2) is 45.6 Å². The fraction of sp³-hybridized carbons (Fsp3) is 0.176. The van der Waals surface area contributed by atoms with Gasteiger partial charge >= 0.3 is 11.9 Å². The Morgan fingerprint density at radius 1 is 1.12 bits per heavy atom. The van der Waals surface area contributed by atoms with E-state index >= 15 is 0 Å². The first-order valence-corrected chi connectivity index (χ1v) is 7.37. The molecule has 8 nitrogen and oxygen atoms in total. The molecule has 1 atom stereocenters. The molecule has 0 saturated heterocycles. The Bertz CT molecular complexity index is 1000. The molecule has 3 rings (SSSR count). The predicted molar refractivity (Wildman–Crippen MR) is 86.2 cm³/mol. The number of nitrogens with zero attached hydrogens (tertiary/aromatic N) is 1. The number of benzene rings is 1. The highest BCUT2D eigenvalue weighted by Gasteiger charge is 2.22. The predicted octanol–water partition coefficient (Wildman–Crippen LogP) is 2.22. The van der Waals surface area contributed by atoms with Gasteiger partial charge in [-0.05, 0) is 25.1 Å². The molecular formula is C17H14N2O6. The van der Waals surface area contributed by atoms with E-state index in [1.165, 1.54) is 19.2 Å². The van der Waals surface area contributed by atoms with Gasteiger partial charge in [-0.25, -0.2) is 14.7 Å². The smallest absolute Gasteiger partial charge is 0.373 e. The van der Waals surface area contributed by atoms with Gasteiger partial charge in [0.1, 0.15) is 5.76 Å². The Morgan fingerprint density at radius 2 is 1.84 bits per heavy atom. The number of carbonyl (C=O) groups excluding carboxylic acids is 2. The van der Waals surface area contributed by atoms with Crippen LogP contribution in [0.1, 0.15) is 39.8 Å². The van der Waals surface area contributed by atoms with Crippen LogP contribution in [0.5, 0.6) is 0 Å². The number of fused-ring (bicyclic) bond motifs is 1. The lowest BCUT2D eigenvalue weighted by molar-refractivity contribution is 0.0280. The minimum absolute atomic E-state index is 0.00742. The molecule has 2 aromatic heterocycles. The lowest BCUT2D eigenvalue weighted by atomic mass is 10.1. The number of rotatable bonds is 4. The van der Waals surface area contributed by atoms with Crippen LogP contribution in [0.3, 0.4) is 0 Å². The third kappa shape index (κ3) is 3.14. The zero-order valence-corrected chi connectivity index (χ0v) is 13.4. The Kier molecular flexibility index (Phi) is 4.34. The maximum Gasteiger partial charge on any atom is 0.373 e. The Morgan fingerprint density at radius 3 is 2.56 bits per heavy atom. The molecule has 3 aromatic rings. The van der Waals surface area contributed by atoms with Crippen LogP contribution in [0, 0.1) is 0 Å². The third-order valence-electron chi connectivity index (χ3n) is 3.59. The van der Waals surface area contributed by atoms with Crippen LogP contribution in [0.2, 0.25) is 0 Å². The summed E-state index contributed by atoms with van der Waals surface area (Å²) in [6.45, 7) is 1.59. The Hall–Kier alpha value is -3.42. The number of carbonyl (C=O) groups is 2. The van der Waals surface area contributed by atoms with Crippen molar-refractivity contribution >= 4 is 22.7 Å². The van der Waals surface area contributed by atoms with Gasteiger partial charge in [-0.1, -0.05) is 18.2 Å². The molecule has 0 saturated carbocycles. The Labute approximate surface area is 141 Å². The quantitative estimate of drug-likeness (QED) is 0.723.